The van der Waals surface area contributed by atoms with Crippen LogP contribution in [0.2, 0.25) is 0 Å². The van der Waals surface area contributed by atoms with Gasteiger partial charge >= 0.3 is 0 Å². The maximum absolute atomic E-state index is 9.32. The molecule has 1 heteroatoms. The SMILES string of the molecule is [2H]c1c([2H])c2c([2H])c([2H])c3c([2H])c([2H])c(-c4ccc(-c5ccc6c(c5)-c5cccc7cccc(c57)O6)c5ccccc45)c4c([2H])c([2H])c(c1[2H])c2c34. The van der Waals surface area contributed by atoms with Gasteiger partial charge in [0.25, 0.3) is 0 Å². The third kappa shape index (κ3) is 3.17. The molecule has 1 aliphatic rings. The lowest BCUT2D eigenvalue weighted by atomic mass is 9.86. The van der Waals surface area contributed by atoms with Crippen molar-refractivity contribution in [2.24, 2.45) is 0 Å². The Bertz CT molecular complexity index is 3070. The van der Waals surface area contributed by atoms with E-state index in [1.165, 1.54) is 0 Å². The lowest BCUT2D eigenvalue weighted by Crippen LogP contribution is -1.97. The summed E-state index contributed by atoms with van der Waals surface area (Å²) in [6, 6.07) is 26.6. The molecule has 10 rings (SSSR count). The molecular formula is C42H24O. The first kappa shape index (κ1) is 16.1. The largest absolute Gasteiger partial charge is 0.456 e. The van der Waals surface area contributed by atoms with Crippen molar-refractivity contribution in [3.63, 3.8) is 0 Å². The first-order valence-corrected chi connectivity index (χ1v) is 14.1. The average molecular weight is 554 g/mol. The predicted molar refractivity (Wildman–Crippen MR) is 182 cm³/mol. The van der Waals surface area contributed by atoms with Gasteiger partial charge in [-0.05, 0) is 94.5 Å². The van der Waals surface area contributed by atoms with Gasteiger partial charge in [-0.3, -0.25) is 0 Å². The minimum Gasteiger partial charge on any atom is -0.456 e. The molecule has 0 spiro atoms. The fourth-order valence-electron chi connectivity index (χ4n) is 6.76. The molecule has 0 unspecified atom stereocenters. The van der Waals surface area contributed by atoms with E-state index >= 15 is 0 Å². The van der Waals surface area contributed by atoms with Gasteiger partial charge in [0.15, 0.2) is 0 Å². The Morgan fingerprint density at radius 3 is 1.98 bits per heavy atom. The molecule has 1 heterocycles. The molecule has 0 aliphatic carbocycles. The zero-order valence-electron chi connectivity index (χ0n) is 31.6. The Morgan fingerprint density at radius 1 is 0.395 bits per heavy atom. The number of benzene rings is 9. The minimum absolute atomic E-state index is 0.0370. The summed E-state index contributed by atoms with van der Waals surface area (Å²) in [5.41, 5.74) is 4.69. The Labute approximate surface area is 261 Å². The minimum atomic E-state index is -0.490. The Balaban J connectivity index is 1.28. The highest BCUT2D eigenvalue weighted by Crippen LogP contribution is 2.48. The van der Waals surface area contributed by atoms with Gasteiger partial charge in [0.1, 0.15) is 11.5 Å². The summed E-state index contributed by atoms with van der Waals surface area (Å²) in [6.45, 7) is 0. The van der Waals surface area contributed by atoms with Gasteiger partial charge in [0.05, 0.1) is 12.3 Å². The lowest BCUT2D eigenvalue weighted by molar-refractivity contribution is 0.487. The molecule has 0 radical (unpaired) electrons. The zero-order chi connectivity index (χ0) is 35.9. The van der Waals surface area contributed by atoms with Crippen LogP contribution in [0.5, 0.6) is 11.5 Å². The van der Waals surface area contributed by atoms with Crippen molar-refractivity contribution in [1.29, 1.82) is 0 Å². The normalized spacial score (nSPS) is 15.3. The van der Waals surface area contributed by atoms with E-state index < -0.39 is 24.2 Å². The van der Waals surface area contributed by atoms with Crippen LogP contribution in [0.25, 0.3) is 87.2 Å². The van der Waals surface area contributed by atoms with Gasteiger partial charge in [-0.2, -0.15) is 0 Å². The van der Waals surface area contributed by atoms with Crippen LogP contribution in [0.4, 0.5) is 0 Å². The fraction of sp³-hybridized carbons (Fsp3) is 0. The zero-order valence-corrected chi connectivity index (χ0v) is 22.6. The molecule has 0 amide bonds. The molecule has 0 aromatic heterocycles. The first-order chi connectivity index (χ1) is 25.1. The van der Waals surface area contributed by atoms with Gasteiger partial charge in [-0.15, -0.1) is 0 Å². The molecule has 1 nitrogen and oxygen atoms in total. The molecule has 9 aromatic carbocycles. The van der Waals surface area contributed by atoms with E-state index in [0.717, 1.165) is 55.3 Å². The Kier molecular flexibility index (Phi) is 3.16. The summed E-state index contributed by atoms with van der Waals surface area (Å²) in [6.07, 6.45) is 0. The number of ether oxygens (including phenoxy) is 1. The van der Waals surface area contributed by atoms with Crippen molar-refractivity contribution < 1.29 is 17.1 Å². The van der Waals surface area contributed by atoms with Crippen molar-refractivity contribution in [3.05, 3.63) is 145 Å². The third-order valence-electron chi connectivity index (χ3n) is 8.67. The van der Waals surface area contributed by atoms with Crippen LogP contribution in [0, 0.1) is 0 Å². The van der Waals surface area contributed by atoms with Gasteiger partial charge in [0, 0.05) is 10.9 Å². The maximum Gasteiger partial charge on any atom is 0.135 e. The summed E-state index contributed by atoms with van der Waals surface area (Å²) < 4.78 is 86.6. The highest BCUT2D eigenvalue weighted by Gasteiger charge is 2.21. The molecule has 9 aromatic rings. The second kappa shape index (κ2) is 8.44. The van der Waals surface area contributed by atoms with E-state index in [4.69, 9.17) is 14.3 Å². The highest BCUT2D eigenvalue weighted by molar-refractivity contribution is 6.26. The summed E-state index contributed by atoms with van der Waals surface area (Å²) in [4.78, 5) is 0. The summed E-state index contributed by atoms with van der Waals surface area (Å²) in [7, 11) is 0. The molecule has 0 N–H and O–H groups in total. The number of hydrogen-bond acceptors (Lipinski definition) is 1. The van der Waals surface area contributed by atoms with Crippen LogP contribution < -0.4 is 4.74 Å². The average Bonchev–Trinajstić information content (AvgIpc) is 3.15. The standard InChI is InChI=1S/C42H24O/c1-2-11-32-31(10-1)30(29-18-23-38-37(24-29)35-12-4-8-25-9-5-13-39(43-38)41(25)35)21-22-33(32)34-19-16-28-15-14-26-6-3-7-27-17-20-36(34)42(28)40(26)27/h1-24H/i3D,6D,7D,14D,15D,16D,17D,19D,20D. The van der Waals surface area contributed by atoms with Crippen LogP contribution in [0.15, 0.2) is 145 Å². The van der Waals surface area contributed by atoms with E-state index in [2.05, 4.69) is 24.3 Å². The summed E-state index contributed by atoms with van der Waals surface area (Å²) in [5, 5.41) is 4.08. The van der Waals surface area contributed by atoms with Crippen molar-refractivity contribution in [2.45, 2.75) is 0 Å². The van der Waals surface area contributed by atoms with Gasteiger partial charge < -0.3 is 4.74 Å². The van der Waals surface area contributed by atoms with Crippen molar-refractivity contribution in [1.82, 2.24) is 0 Å². The lowest BCUT2D eigenvalue weighted by Gasteiger charge is -2.22. The molecule has 0 bridgehead atoms. The number of hydrogen-bond donors (Lipinski definition) is 0. The summed E-state index contributed by atoms with van der Waals surface area (Å²) >= 11 is 0. The van der Waals surface area contributed by atoms with E-state index in [0.29, 0.717) is 5.56 Å². The molecular weight excluding hydrogens is 520 g/mol. The Hall–Kier alpha value is -5.66. The molecule has 0 saturated carbocycles. The van der Waals surface area contributed by atoms with Gasteiger partial charge in [-0.25, -0.2) is 0 Å². The number of rotatable bonds is 2. The molecule has 0 fully saturated rings. The van der Waals surface area contributed by atoms with Crippen LogP contribution in [-0.4, -0.2) is 0 Å². The third-order valence-corrected chi connectivity index (χ3v) is 8.67. The molecule has 1 aliphatic heterocycles. The molecule has 0 atom stereocenters. The topological polar surface area (TPSA) is 9.23 Å². The highest BCUT2D eigenvalue weighted by atomic mass is 16.5. The van der Waals surface area contributed by atoms with E-state index in [9.17, 15) is 2.74 Å². The van der Waals surface area contributed by atoms with Crippen LogP contribution in [0.1, 0.15) is 12.3 Å². The van der Waals surface area contributed by atoms with Gasteiger partial charge in [0.2, 0.25) is 0 Å². The van der Waals surface area contributed by atoms with Crippen LogP contribution in [-0.2, 0) is 0 Å². The second-order valence-corrected chi connectivity index (χ2v) is 10.9. The molecule has 43 heavy (non-hydrogen) atoms. The first-order valence-electron chi connectivity index (χ1n) is 18.6. The van der Waals surface area contributed by atoms with Crippen molar-refractivity contribution in [3.8, 4) is 44.9 Å². The van der Waals surface area contributed by atoms with Gasteiger partial charge in [-0.1, -0.05) is 127 Å². The quantitative estimate of drug-likeness (QED) is 0.193. The van der Waals surface area contributed by atoms with Crippen LogP contribution in [0.3, 0.4) is 0 Å². The monoisotopic (exact) mass is 553 g/mol. The number of fused-ring (bicyclic) bond motifs is 3. The summed E-state index contributed by atoms with van der Waals surface area (Å²) in [5.74, 6) is 1.57. The van der Waals surface area contributed by atoms with E-state index in [1.54, 1.807) is 0 Å². The molecule has 198 valence electrons. The maximum atomic E-state index is 9.32. The second-order valence-electron chi connectivity index (χ2n) is 10.9. The van der Waals surface area contributed by atoms with E-state index in [1.807, 2.05) is 66.7 Å². The Morgan fingerprint density at radius 2 is 1.12 bits per heavy atom. The molecule has 0 saturated heterocycles. The van der Waals surface area contributed by atoms with Crippen molar-refractivity contribution in [2.75, 3.05) is 0 Å². The van der Waals surface area contributed by atoms with Crippen LogP contribution >= 0.6 is 0 Å². The van der Waals surface area contributed by atoms with E-state index in [-0.39, 0.29) is 68.1 Å². The predicted octanol–water partition coefficient (Wildman–Crippen LogP) is 12.0. The van der Waals surface area contributed by atoms with Crippen molar-refractivity contribution >= 4 is 53.9 Å². The smallest absolute Gasteiger partial charge is 0.135 e. The fourth-order valence-corrected chi connectivity index (χ4v) is 6.76.